The van der Waals surface area contributed by atoms with Crippen LogP contribution in [0.15, 0.2) is 48.2 Å². The van der Waals surface area contributed by atoms with Gasteiger partial charge in [0.15, 0.2) is 5.96 Å². The molecule has 0 fully saturated rings. The largest absolute Gasteiger partial charge is 0.352 e. The van der Waals surface area contributed by atoms with Gasteiger partial charge in [-0.05, 0) is 24.1 Å². The van der Waals surface area contributed by atoms with Gasteiger partial charge in [0.05, 0.1) is 12.2 Å². The van der Waals surface area contributed by atoms with Gasteiger partial charge in [0, 0.05) is 26.1 Å². The van der Waals surface area contributed by atoms with Crippen LogP contribution in [0, 0.1) is 0 Å². The standard InChI is InChI=1S/C17H21N9.HI/c1-18-17(24-14-5-6-16-21-11-23-25(16)9-14)20-8-13-3-2-4-15(7-13)26-12-19-10-22-26;/h2-4,7,10-12,14H,5-6,8-9H2,1H3,(H2,18,20,24);1H. The van der Waals surface area contributed by atoms with Gasteiger partial charge in [0.1, 0.15) is 24.8 Å². The van der Waals surface area contributed by atoms with Crippen LogP contribution in [0.5, 0.6) is 0 Å². The summed E-state index contributed by atoms with van der Waals surface area (Å²) in [5.74, 6) is 1.83. The lowest BCUT2D eigenvalue weighted by molar-refractivity contribution is 0.392. The molecule has 4 rings (SSSR count). The Bertz CT molecular complexity index is 887. The van der Waals surface area contributed by atoms with Gasteiger partial charge in [-0.3, -0.25) is 4.99 Å². The highest BCUT2D eigenvalue weighted by molar-refractivity contribution is 14.0. The normalized spacial score (nSPS) is 16.3. The van der Waals surface area contributed by atoms with Crippen LogP contribution < -0.4 is 10.6 Å². The average molecular weight is 479 g/mol. The molecule has 0 radical (unpaired) electrons. The molecule has 0 aliphatic carbocycles. The summed E-state index contributed by atoms with van der Waals surface area (Å²) >= 11 is 0. The Balaban J connectivity index is 0.00000210. The molecule has 0 amide bonds. The lowest BCUT2D eigenvalue weighted by atomic mass is 10.1. The van der Waals surface area contributed by atoms with Crippen molar-refractivity contribution in [3.63, 3.8) is 0 Å². The zero-order valence-corrected chi connectivity index (χ0v) is 17.3. The van der Waals surface area contributed by atoms with Crippen molar-refractivity contribution >= 4 is 29.9 Å². The molecule has 2 aromatic heterocycles. The first-order valence-electron chi connectivity index (χ1n) is 8.59. The van der Waals surface area contributed by atoms with Crippen LogP contribution in [0.3, 0.4) is 0 Å². The maximum absolute atomic E-state index is 4.33. The van der Waals surface area contributed by atoms with Crippen molar-refractivity contribution in [1.29, 1.82) is 0 Å². The molecule has 3 aromatic rings. The van der Waals surface area contributed by atoms with Crippen LogP contribution in [0.2, 0.25) is 0 Å². The van der Waals surface area contributed by atoms with Crippen LogP contribution in [-0.4, -0.2) is 48.6 Å². The van der Waals surface area contributed by atoms with Gasteiger partial charge in [-0.1, -0.05) is 12.1 Å². The minimum absolute atomic E-state index is 0. The van der Waals surface area contributed by atoms with E-state index in [2.05, 4.69) is 47.9 Å². The quantitative estimate of drug-likeness (QED) is 0.331. The van der Waals surface area contributed by atoms with Crippen LogP contribution in [0.4, 0.5) is 0 Å². The fourth-order valence-corrected chi connectivity index (χ4v) is 3.08. The highest BCUT2D eigenvalue weighted by Crippen LogP contribution is 2.12. The third-order valence-electron chi connectivity index (χ3n) is 4.42. The fraction of sp³-hybridized carbons (Fsp3) is 0.353. The van der Waals surface area contributed by atoms with Crippen molar-refractivity contribution in [2.45, 2.75) is 32.0 Å². The zero-order chi connectivity index (χ0) is 17.8. The lowest BCUT2D eigenvalue weighted by Gasteiger charge is -2.25. The summed E-state index contributed by atoms with van der Waals surface area (Å²) < 4.78 is 3.70. The van der Waals surface area contributed by atoms with Crippen molar-refractivity contribution in [3.05, 3.63) is 54.6 Å². The predicted molar refractivity (Wildman–Crippen MR) is 112 cm³/mol. The number of hydrogen-bond donors (Lipinski definition) is 2. The van der Waals surface area contributed by atoms with Crippen LogP contribution in [0.25, 0.3) is 5.69 Å². The van der Waals surface area contributed by atoms with Gasteiger partial charge >= 0.3 is 0 Å². The van der Waals surface area contributed by atoms with E-state index in [0.29, 0.717) is 6.54 Å². The Labute approximate surface area is 174 Å². The van der Waals surface area contributed by atoms with Crippen molar-refractivity contribution < 1.29 is 0 Å². The lowest BCUT2D eigenvalue weighted by Crippen LogP contribution is -2.46. The third kappa shape index (κ3) is 4.62. The van der Waals surface area contributed by atoms with E-state index < -0.39 is 0 Å². The van der Waals surface area contributed by atoms with Gasteiger partial charge < -0.3 is 10.6 Å². The molecule has 9 nitrogen and oxygen atoms in total. The Morgan fingerprint density at radius 3 is 3.04 bits per heavy atom. The van der Waals surface area contributed by atoms with Crippen molar-refractivity contribution in [3.8, 4) is 5.69 Å². The molecule has 1 atom stereocenters. The highest BCUT2D eigenvalue weighted by atomic mass is 127. The first-order chi connectivity index (χ1) is 12.8. The average Bonchev–Trinajstić information content (AvgIpc) is 3.36. The number of aromatic nitrogens is 6. The van der Waals surface area contributed by atoms with Gasteiger partial charge in [-0.2, -0.15) is 10.2 Å². The van der Waals surface area contributed by atoms with E-state index in [0.717, 1.165) is 42.4 Å². The van der Waals surface area contributed by atoms with Crippen LogP contribution in [0.1, 0.15) is 17.8 Å². The number of halogens is 1. The SMILES string of the molecule is CN=C(NCc1cccc(-n2cncn2)c1)NC1CCc2ncnn2C1.I. The summed E-state index contributed by atoms with van der Waals surface area (Å²) in [5, 5.41) is 15.3. The molecule has 0 saturated heterocycles. The van der Waals surface area contributed by atoms with Crippen LogP contribution >= 0.6 is 24.0 Å². The van der Waals surface area contributed by atoms with Crippen molar-refractivity contribution in [2.24, 2.45) is 4.99 Å². The molecule has 27 heavy (non-hydrogen) atoms. The Hall–Kier alpha value is -2.50. The molecule has 1 aromatic carbocycles. The monoisotopic (exact) mass is 479 g/mol. The second-order valence-electron chi connectivity index (χ2n) is 6.17. The number of guanidine groups is 1. The van der Waals surface area contributed by atoms with Gasteiger partial charge in [-0.15, -0.1) is 24.0 Å². The molecule has 2 N–H and O–H groups in total. The number of fused-ring (bicyclic) bond motifs is 1. The van der Waals surface area contributed by atoms with Gasteiger partial charge in [0.2, 0.25) is 0 Å². The Morgan fingerprint density at radius 1 is 1.30 bits per heavy atom. The third-order valence-corrected chi connectivity index (χ3v) is 4.42. The summed E-state index contributed by atoms with van der Waals surface area (Å²) in [7, 11) is 1.78. The van der Waals surface area contributed by atoms with Gasteiger partial charge in [0.25, 0.3) is 0 Å². The number of aryl methyl sites for hydroxylation is 1. The second-order valence-corrected chi connectivity index (χ2v) is 6.17. The summed E-state index contributed by atoms with van der Waals surface area (Å²) in [5.41, 5.74) is 2.12. The zero-order valence-electron chi connectivity index (χ0n) is 15.0. The second kappa shape index (κ2) is 8.93. The van der Waals surface area contributed by atoms with E-state index in [-0.39, 0.29) is 30.0 Å². The number of benzene rings is 1. The summed E-state index contributed by atoms with van der Waals surface area (Å²) in [4.78, 5) is 12.6. The molecule has 1 aliphatic heterocycles. The molecule has 0 spiro atoms. The molecule has 0 saturated carbocycles. The molecular weight excluding hydrogens is 457 g/mol. The van der Waals surface area contributed by atoms with E-state index in [1.54, 1.807) is 24.4 Å². The molecule has 142 valence electrons. The van der Waals surface area contributed by atoms with Crippen LogP contribution in [-0.2, 0) is 19.5 Å². The van der Waals surface area contributed by atoms with E-state index in [9.17, 15) is 0 Å². The Kier molecular flexibility index (Phi) is 6.37. The molecular formula is C17H22IN9. The molecule has 1 aliphatic rings. The Morgan fingerprint density at radius 2 is 2.22 bits per heavy atom. The summed E-state index contributed by atoms with van der Waals surface area (Å²) in [6.07, 6.45) is 6.78. The number of hydrogen-bond acceptors (Lipinski definition) is 5. The predicted octanol–water partition coefficient (Wildman–Crippen LogP) is 1.16. The first-order valence-corrected chi connectivity index (χ1v) is 8.59. The highest BCUT2D eigenvalue weighted by Gasteiger charge is 2.20. The number of rotatable bonds is 4. The number of nitrogens with one attached hydrogen (secondary N) is 2. The summed E-state index contributed by atoms with van der Waals surface area (Å²) in [6.45, 7) is 1.47. The minimum atomic E-state index is 0. The molecule has 10 heteroatoms. The molecule has 0 bridgehead atoms. The van der Waals surface area contributed by atoms with E-state index in [1.807, 2.05) is 16.8 Å². The molecule has 1 unspecified atom stereocenters. The maximum Gasteiger partial charge on any atom is 0.191 e. The van der Waals surface area contributed by atoms with E-state index >= 15 is 0 Å². The fourth-order valence-electron chi connectivity index (χ4n) is 3.08. The maximum atomic E-state index is 4.33. The van der Waals surface area contributed by atoms with E-state index in [1.165, 1.54) is 6.33 Å². The number of nitrogens with zero attached hydrogens (tertiary/aromatic N) is 7. The molecule has 3 heterocycles. The summed E-state index contributed by atoms with van der Waals surface area (Å²) in [6, 6.07) is 8.46. The minimum Gasteiger partial charge on any atom is -0.352 e. The van der Waals surface area contributed by atoms with Crippen molar-refractivity contribution in [1.82, 2.24) is 40.2 Å². The van der Waals surface area contributed by atoms with E-state index in [4.69, 9.17) is 0 Å². The first kappa shape index (κ1) is 19.3. The van der Waals surface area contributed by atoms with Crippen molar-refractivity contribution in [2.75, 3.05) is 7.05 Å². The number of aliphatic imine (C=N–C) groups is 1. The topological polar surface area (TPSA) is 97.8 Å². The van der Waals surface area contributed by atoms with Gasteiger partial charge in [-0.25, -0.2) is 19.3 Å². The smallest absolute Gasteiger partial charge is 0.191 e.